The van der Waals surface area contributed by atoms with Crippen molar-refractivity contribution in [1.29, 1.82) is 0 Å². The molecular formula is C11H17NO3. The Labute approximate surface area is 89.7 Å². The smallest absolute Gasteiger partial charge is 0.328 e. The van der Waals surface area contributed by atoms with Crippen molar-refractivity contribution >= 4 is 11.9 Å². The highest BCUT2D eigenvalue weighted by molar-refractivity contribution is 5.85. The highest BCUT2D eigenvalue weighted by Gasteiger charge is 2.27. The zero-order chi connectivity index (χ0) is 11.3. The Morgan fingerprint density at radius 2 is 2.27 bits per heavy atom. The van der Waals surface area contributed by atoms with Crippen molar-refractivity contribution in [2.24, 2.45) is 5.92 Å². The number of ether oxygens (including phenoxy) is 1. The van der Waals surface area contributed by atoms with E-state index >= 15 is 0 Å². The normalized spacial score (nSPS) is 17.4. The lowest BCUT2D eigenvalue weighted by Crippen LogP contribution is -2.44. The van der Waals surface area contributed by atoms with Crippen LogP contribution in [0.1, 0.15) is 26.2 Å². The van der Waals surface area contributed by atoms with Crippen LogP contribution in [0.25, 0.3) is 0 Å². The second-order valence-electron chi connectivity index (χ2n) is 3.78. The SMILES string of the molecule is C=CCOC(=O)[C@H](C)NC(=O)C1CCC1. The standard InChI is InChI=1S/C11H17NO3/c1-3-7-15-11(14)8(2)12-10(13)9-5-4-6-9/h3,8-9H,1,4-7H2,2H3,(H,12,13)/t8-/m0/s1. The Bertz CT molecular complexity index is 259. The zero-order valence-corrected chi connectivity index (χ0v) is 8.99. The summed E-state index contributed by atoms with van der Waals surface area (Å²) in [6, 6.07) is -0.571. The molecule has 0 radical (unpaired) electrons. The van der Waals surface area contributed by atoms with E-state index in [9.17, 15) is 9.59 Å². The lowest BCUT2D eigenvalue weighted by atomic mass is 9.84. The maximum atomic E-state index is 11.5. The zero-order valence-electron chi connectivity index (χ0n) is 8.99. The van der Waals surface area contributed by atoms with Gasteiger partial charge >= 0.3 is 5.97 Å². The molecule has 0 aromatic heterocycles. The number of carbonyl (C=O) groups is 2. The van der Waals surface area contributed by atoms with Gasteiger partial charge in [-0.1, -0.05) is 19.1 Å². The third-order valence-corrected chi connectivity index (χ3v) is 2.53. The number of esters is 1. The molecule has 0 aromatic rings. The second kappa shape index (κ2) is 5.53. The van der Waals surface area contributed by atoms with E-state index in [0.29, 0.717) is 0 Å². The fraction of sp³-hybridized carbons (Fsp3) is 0.636. The predicted molar refractivity (Wildman–Crippen MR) is 56.1 cm³/mol. The highest BCUT2D eigenvalue weighted by Crippen LogP contribution is 2.26. The molecule has 1 aliphatic carbocycles. The first-order valence-corrected chi connectivity index (χ1v) is 5.23. The molecule has 84 valence electrons. The monoisotopic (exact) mass is 211 g/mol. The molecular weight excluding hydrogens is 194 g/mol. The van der Waals surface area contributed by atoms with E-state index in [0.717, 1.165) is 19.3 Å². The van der Waals surface area contributed by atoms with Gasteiger partial charge in [0, 0.05) is 5.92 Å². The van der Waals surface area contributed by atoms with Crippen LogP contribution in [0.5, 0.6) is 0 Å². The van der Waals surface area contributed by atoms with Gasteiger partial charge in [-0.15, -0.1) is 0 Å². The molecule has 15 heavy (non-hydrogen) atoms. The van der Waals surface area contributed by atoms with Crippen LogP contribution in [0.3, 0.4) is 0 Å². The molecule has 1 atom stereocenters. The van der Waals surface area contributed by atoms with E-state index in [2.05, 4.69) is 11.9 Å². The number of hydrogen-bond donors (Lipinski definition) is 1. The molecule has 4 heteroatoms. The lowest BCUT2D eigenvalue weighted by Gasteiger charge is -2.25. The van der Waals surface area contributed by atoms with E-state index < -0.39 is 12.0 Å². The molecule has 0 spiro atoms. The van der Waals surface area contributed by atoms with Crippen LogP contribution in [-0.2, 0) is 14.3 Å². The number of carbonyl (C=O) groups excluding carboxylic acids is 2. The first-order valence-electron chi connectivity index (χ1n) is 5.23. The fourth-order valence-electron chi connectivity index (χ4n) is 1.33. The first kappa shape index (κ1) is 11.8. The van der Waals surface area contributed by atoms with Crippen molar-refractivity contribution in [3.63, 3.8) is 0 Å². The molecule has 0 aliphatic heterocycles. The predicted octanol–water partition coefficient (Wildman–Crippen LogP) is 1.02. The average Bonchev–Trinajstić information content (AvgIpc) is 2.10. The summed E-state index contributed by atoms with van der Waals surface area (Å²) in [5.41, 5.74) is 0. The topological polar surface area (TPSA) is 55.4 Å². The van der Waals surface area contributed by atoms with Gasteiger partial charge < -0.3 is 10.1 Å². The van der Waals surface area contributed by atoms with Crippen LogP contribution in [-0.4, -0.2) is 24.5 Å². The van der Waals surface area contributed by atoms with Gasteiger partial charge in [-0.3, -0.25) is 4.79 Å². The number of nitrogens with one attached hydrogen (secondary N) is 1. The van der Waals surface area contributed by atoms with Crippen LogP contribution in [0.2, 0.25) is 0 Å². The molecule has 0 bridgehead atoms. The summed E-state index contributed by atoms with van der Waals surface area (Å²) >= 11 is 0. The molecule has 1 aliphatic rings. The van der Waals surface area contributed by atoms with Gasteiger partial charge in [-0.2, -0.15) is 0 Å². The van der Waals surface area contributed by atoms with Gasteiger partial charge in [0.15, 0.2) is 0 Å². The van der Waals surface area contributed by atoms with Crippen molar-refractivity contribution in [2.75, 3.05) is 6.61 Å². The molecule has 1 rings (SSSR count). The van der Waals surface area contributed by atoms with E-state index in [-0.39, 0.29) is 18.4 Å². The van der Waals surface area contributed by atoms with Gasteiger partial charge in [0.25, 0.3) is 0 Å². The van der Waals surface area contributed by atoms with Gasteiger partial charge in [0.05, 0.1) is 0 Å². The minimum Gasteiger partial charge on any atom is -0.460 e. The van der Waals surface area contributed by atoms with Gasteiger partial charge in [0.1, 0.15) is 12.6 Å². The Kier molecular flexibility index (Phi) is 4.34. The summed E-state index contributed by atoms with van der Waals surface area (Å²) in [5.74, 6) is -0.355. The summed E-state index contributed by atoms with van der Waals surface area (Å²) in [6.07, 6.45) is 4.46. The summed E-state index contributed by atoms with van der Waals surface area (Å²) in [6.45, 7) is 5.25. The summed E-state index contributed by atoms with van der Waals surface area (Å²) in [7, 11) is 0. The Morgan fingerprint density at radius 1 is 1.60 bits per heavy atom. The number of hydrogen-bond acceptors (Lipinski definition) is 3. The third kappa shape index (κ3) is 3.38. The maximum absolute atomic E-state index is 11.5. The van der Waals surface area contributed by atoms with Crippen LogP contribution in [0.15, 0.2) is 12.7 Å². The van der Waals surface area contributed by atoms with Crippen molar-refractivity contribution in [3.05, 3.63) is 12.7 Å². The Morgan fingerprint density at radius 3 is 2.73 bits per heavy atom. The number of rotatable bonds is 5. The number of amides is 1. The molecule has 1 amide bonds. The molecule has 1 N–H and O–H groups in total. The van der Waals surface area contributed by atoms with Crippen LogP contribution < -0.4 is 5.32 Å². The van der Waals surface area contributed by atoms with E-state index in [1.807, 2.05) is 0 Å². The summed E-state index contributed by atoms with van der Waals surface area (Å²) in [5, 5.41) is 2.64. The van der Waals surface area contributed by atoms with E-state index in [1.165, 1.54) is 6.08 Å². The van der Waals surface area contributed by atoms with Crippen molar-refractivity contribution in [2.45, 2.75) is 32.2 Å². The van der Waals surface area contributed by atoms with Crippen LogP contribution in [0, 0.1) is 5.92 Å². The third-order valence-electron chi connectivity index (χ3n) is 2.53. The minimum absolute atomic E-state index is 0.0377. The molecule has 1 saturated carbocycles. The molecule has 0 aromatic carbocycles. The molecule has 1 fully saturated rings. The van der Waals surface area contributed by atoms with Gasteiger partial charge in [-0.25, -0.2) is 4.79 Å². The van der Waals surface area contributed by atoms with Crippen molar-refractivity contribution < 1.29 is 14.3 Å². The van der Waals surface area contributed by atoms with E-state index in [1.54, 1.807) is 6.92 Å². The second-order valence-corrected chi connectivity index (χ2v) is 3.78. The molecule has 4 nitrogen and oxygen atoms in total. The first-order chi connectivity index (χ1) is 7.15. The maximum Gasteiger partial charge on any atom is 0.328 e. The fourth-order valence-corrected chi connectivity index (χ4v) is 1.33. The van der Waals surface area contributed by atoms with Crippen LogP contribution in [0.4, 0.5) is 0 Å². The van der Waals surface area contributed by atoms with Gasteiger partial charge in [-0.05, 0) is 19.8 Å². The summed E-state index contributed by atoms with van der Waals surface area (Å²) in [4.78, 5) is 22.8. The van der Waals surface area contributed by atoms with E-state index in [4.69, 9.17) is 4.74 Å². The average molecular weight is 211 g/mol. The molecule has 0 heterocycles. The lowest BCUT2D eigenvalue weighted by molar-refractivity contribution is -0.147. The quantitative estimate of drug-likeness (QED) is 0.545. The Hall–Kier alpha value is -1.32. The van der Waals surface area contributed by atoms with Crippen LogP contribution >= 0.6 is 0 Å². The molecule has 0 saturated heterocycles. The largest absolute Gasteiger partial charge is 0.460 e. The van der Waals surface area contributed by atoms with Crippen molar-refractivity contribution in [3.8, 4) is 0 Å². The van der Waals surface area contributed by atoms with Gasteiger partial charge in [0.2, 0.25) is 5.91 Å². The highest BCUT2D eigenvalue weighted by atomic mass is 16.5. The minimum atomic E-state index is -0.571. The molecule has 0 unspecified atom stereocenters. The summed E-state index contributed by atoms with van der Waals surface area (Å²) < 4.78 is 4.81. The Balaban J connectivity index is 2.26. The van der Waals surface area contributed by atoms with Crippen molar-refractivity contribution in [1.82, 2.24) is 5.32 Å².